The maximum absolute atomic E-state index is 12.7. The Hall–Kier alpha value is -2.35. The topological polar surface area (TPSA) is 62.2 Å². The van der Waals surface area contributed by atoms with Crippen LogP contribution in [0.4, 0.5) is 0 Å². The van der Waals surface area contributed by atoms with Crippen LogP contribution in [0, 0.1) is 6.92 Å². The number of aromatic nitrogens is 1. The second-order valence-corrected chi connectivity index (χ2v) is 8.07. The molecule has 1 atom stereocenters. The van der Waals surface area contributed by atoms with E-state index >= 15 is 0 Å². The minimum absolute atomic E-state index is 0.0174. The van der Waals surface area contributed by atoms with Crippen LogP contribution >= 0.6 is 0 Å². The van der Waals surface area contributed by atoms with Gasteiger partial charge in [0, 0.05) is 30.3 Å². The Morgan fingerprint density at radius 3 is 2.83 bits per heavy atom. The molecule has 1 fully saturated rings. The van der Waals surface area contributed by atoms with Gasteiger partial charge in [-0.2, -0.15) is 0 Å². The van der Waals surface area contributed by atoms with Crippen molar-refractivity contribution in [2.45, 2.75) is 26.0 Å². The third-order valence-electron chi connectivity index (χ3n) is 5.56. The zero-order valence-corrected chi connectivity index (χ0v) is 18.0. The summed E-state index contributed by atoms with van der Waals surface area (Å²) in [5.74, 6) is 1.46. The number of pyridine rings is 1. The van der Waals surface area contributed by atoms with Gasteiger partial charge in [-0.15, -0.1) is 0 Å². The smallest absolute Gasteiger partial charge is 0.197 e. The molecule has 0 aliphatic carbocycles. The molecule has 0 radical (unpaired) electrons. The van der Waals surface area contributed by atoms with Crippen LogP contribution in [0.25, 0.3) is 11.3 Å². The van der Waals surface area contributed by atoms with Crippen LogP contribution in [0.3, 0.4) is 0 Å². The van der Waals surface area contributed by atoms with Crippen molar-refractivity contribution in [2.24, 2.45) is 0 Å². The average molecular weight is 415 g/mol. The number of hydrogen-bond donors (Lipinski definition) is 0. The van der Waals surface area contributed by atoms with Crippen LogP contribution in [0.2, 0.25) is 0 Å². The predicted octanol–water partition coefficient (Wildman–Crippen LogP) is 2.11. The molecule has 2 aliphatic heterocycles. The monoisotopic (exact) mass is 414 g/mol. The van der Waals surface area contributed by atoms with Crippen molar-refractivity contribution in [3.63, 3.8) is 0 Å². The summed E-state index contributed by atoms with van der Waals surface area (Å²) in [7, 11) is 4.06. The Kier molecular flexibility index (Phi) is 6.41. The van der Waals surface area contributed by atoms with Crippen molar-refractivity contribution in [3.05, 3.63) is 45.6 Å². The van der Waals surface area contributed by atoms with E-state index in [-0.39, 0.29) is 11.5 Å². The third-order valence-corrected chi connectivity index (χ3v) is 5.56. The van der Waals surface area contributed by atoms with Gasteiger partial charge in [-0.3, -0.25) is 4.79 Å². The lowest BCUT2D eigenvalue weighted by atomic mass is 9.94. The lowest BCUT2D eigenvalue weighted by Crippen LogP contribution is -2.34. The van der Waals surface area contributed by atoms with Gasteiger partial charge >= 0.3 is 0 Å². The van der Waals surface area contributed by atoms with Crippen LogP contribution in [-0.2, 0) is 22.4 Å². The van der Waals surface area contributed by atoms with E-state index in [0.717, 1.165) is 42.1 Å². The first kappa shape index (κ1) is 20.9. The van der Waals surface area contributed by atoms with Crippen molar-refractivity contribution in [3.8, 4) is 22.9 Å². The molecule has 4 rings (SSSR count). The van der Waals surface area contributed by atoms with Gasteiger partial charge in [-0.05, 0) is 51.2 Å². The van der Waals surface area contributed by atoms with Crippen molar-refractivity contribution >= 4 is 0 Å². The Morgan fingerprint density at radius 1 is 1.20 bits per heavy atom. The van der Waals surface area contributed by atoms with Crippen LogP contribution in [0.1, 0.15) is 11.1 Å². The maximum atomic E-state index is 12.7. The maximum Gasteiger partial charge on any atom is 0.197 e. The fourth-order valence-corrected chi connectivity index (χ4v) is 3.90. The van der Waals surface area contributed by atoms with Gasteiger partial charge < -0.3 is 28.4 Å². The molecule has 0 saturated carbocycles. The van der Waals surface area contributed by atoms with Gasteiger partial charge in [-0.25, -0.2) is 0 Å². The largest absolute Gasteiger partial charge is 0.492 e. The van der Waals surface area contributed by atoms with Gasteiger partial charge in [0.25, 0.3) is 0 Å². The zero-order chi connectivity index (χ0) is 21.1. The molecule has 1 saturated heterocycles. The van der Waals surface area contributed by atoms with E-state index in [0.29, 0.717) is 38.9 Å². The molecule has 0 spiro atoms. The molecule has 2 aromatic rings. The van der Waals surface area contributed by atoms with Gasteiger partial charge in [0.2, 0.25) is 0 Å². The molecule has 1 aromatic carbocycles. The Bertz CT molecular complexity index is 947. The summed E-state index contributed by atoms with van der Waals surface area (Å²) in [4.78, 5) is 14.8. The molecular formula is C23H30N2O5. The first-order valence-corrected chi connectivity index (χ1v) is 10.5. The van der Waals surface area contributed by atoms with Gasteiger partial charge in [0.05, 0.1) is 25.5 Å². The molecule has 7 heteroatoms. The molecule has 7 nitrogen and oxygen atoms in total. The Labute approximate surface area is 177 Å². The lowest BCUT2D eigenvalue weighted by molar-refractivity contribution is -0.102. The van der Waals surface area contributed by atoms with Crippen molar-refractivity contribution in [1.29, 1.82) is 0 Å². The summed E-state index contributed by atoms with van der Waals surface area (Å²) in [6.07, 6.45) is 0.749. The van der Waals surface area contributed by atoms with E-state index in [2.05, 4.69) is 21.6 Å². The quantitative estimate of drug-likeness (QED) is 0.692. The molecule has 0 N–H and O–H groups in total. The summed E-state index contributed by atoms with van der Waals surface area (Å²) in [6, 6.07) is 7.72. The third kappa shape index (κ3) is 4.53. The van der Waals surface area contributed by atoms with E-state index < -0.39 is 0 Å². The molecule has 1 aromatic heterocycles. The summed E-state index contributed by atoms with van der Waals surface area (Å²) in [6.45, 7) is 6.22. The highest BCUT2D eigenvalue weighted by Gasteiger charge is 2.23. The van der Waals surface area contributed by atoms with E-state index in [1.54, 1.807) is 6.07 Å². The number of aryl methyl sites for hydroxylation is 1. The molecule has 0 bridgehead atoms. The summed E-state index contributed by atoms with van der Waals surface area (Å²) in [5, 5.41) is 0. The van der Waals surface area contributed by atoms with E-state index in [9.17, 15) is 4.79 Å². The highest BCUT2D eigenvalue weighted by molar-refractivity contribution is 5.70. The summed E-state index contributed by atoms with van der Waals surface area (Å²) < 4.78 is 25.1. The first-order chi connectivity index (χ1) is 14.5. The number of fused-ring (bicyclic) bond motifs is 3. The number of nitrogens with zero attached hydrogens (tertiary/aromatic N) is 2. The molecule has 30 heavy (non-hydrogen) atoms. The number of hydrogen-bond acceptors (Lipinski definition) is 6. The number of benzene rings is 1. The van der Waals surface area contributed by atoms with Crippen LogP contribution in [0.15, 0.2) is 29.1 Å². The summed E-state index contributed by atoms with van der Waals surface area (Å²) >= 11 is 0. The molecule has 162 valence electrons. The fourth-order valence-electron chi connectivity index (χ4n) is 3.90. The van der Waals surface area contributed by atoms with Crippen LogP contribution in [-0.4, -0.2) is 69.2 Å². The van der Waals surface area contributed by atoms with Gasteiger partial charge in [0.1, 0.15) is 25.1 Å². The SMILES string of the molecule is Cc1c2n(c(OC[C@@H]3COCCO3)cc1=O)CCc1cc(OCCN(C)C)ccc1-2. The zero-order valence-electron chi connectivity index (χ0n) is 18.0. The van der Waals surface area contributed by atoms with Crippen molar-refractivity contribution in [2.75, 3.05) is 53.7 Å². The standard InChI is InChI=1S/C23H30N2O5/c1-16-21(26)13-22(30-15-19-14-27-10-11-29-19)25-7-6-17-12-18(28-9-8-24(2)3)4-5-20(17)23(16)25/h4-5,12-13,19H,6-11,14-15H2,1-3H3/t19-/m0/s1. The minimum Gasteiger partial charge on any atom is -0.492 e. The van der Waals surface area contributed by atoms with E-state index in [1.807, 2.05) is 27.1 Å². The molecule has 0 unspecified atom stereocenters. The predicted molar refractivity (Wildman–Crippen MR) is 115 cm³/mol. The molecule has 3 heterocycles. The normalized spacial score (nSPS) is 18.1. The van der Waals surface area contributed by atoms with E-state index in [1.165, 1.54) is 5.56 Å². The lowest BCUT2D eigenvalue weighted by Gasteiger charge is -2.28. The molecule has 0 amide bonds. The number of ether oxygens (including phenoxy) is 4. The fraction of sp³-hybridized carbons (Fsp3) is 0.522. The highest BCUT2D eigenvalue weighted by atomic mass is 16.6. The Balaban J connectivity index is 1.58. The Morgan fingerprint density at radius 2 is 2.07 bits per heavy atom. The van der Waals surface area contributed by atoms with Crippen LogP contribution < -0.4 is 14.9 Å². The van der Waals surface area contributed by atoms with Crippen molar-refractivity contribution < 1.29 is 18.9 Å². The average Bonchev–Trinajstić information content (AvgIpc) is 2.75. The first-order valence-electron chi connectivity index (χ1n) is 10.5. The highest BCUT2D eigenvalue weighted by Crippen LogP contribution is 2.35. The van der Waals surface area contributed by atoms with Crippen molar-refractivity contribution in [1.82, 2.24) is 9.47 Å². The second kappa shape index (κ2) is 9.20. The molecular weight excluding hydrogens is 384 g/mol. The minimum atomic E-state index is -0.107. The second-order valence-electron chi connectivity index (χ2n) is 8.07. The number of rotatable bonds is 7. The van der Waals surface area contributed by atoms with Gasteiger partial charge in [-0.1, -0.05) is 0 Å². The van der Waals surface area contributed by atoms with Crippen LogP contribution in [0.5, 0.6) is 11.6 Å². The number of likely N-dealkylation sites (N-methyl/N-ethyl adjacent to an activating group) is 1. The van der Waals surface area contributed by atoms with E-state index in [4.69, 9.17) is 18.9 Å². The summed E-state index contributed by atoms with van der Waals surface area (Å²) in [5.41, 5.74) is 3.91. The molecule has 2 aliphatic rings. The van der Waals surface area contributed by atoms with Gasteiger partial charge in [0.15, 0.2) is 11.3 Å².